The molecule has 4 rings (SSSR count). The molecule has 0 bridgehead atoms. The number of β-amino-alcohol motifs (C(OH)–C–C–N with tert-alkyl or cyclic N) is 1. The van der Waals surface area contributed by atoms with Crippen molar-refractivity contribution in [3.05, 3.63) is 95.6 Å². The number of benzene rings is 3. The van der Waals surface area contributed by atoms with Crippen molar-refractivity contribution in [2.75, 3.05) is 44.2 Å². The number of hydrogen-bond donors (Lipinski definition) is 2. The fourth-order valence-corrected chi connectivity index (χ4v) is 4.62. The zero-order chi connectivity index (χ0) is 23.8. The highest BCUT2D eigenvalue weighted by atomic mass is 16.5. The van der Waals surface area contributed by atoms with Crippen molar-refractivity contribution in [1.82, 2.24) is 4.90 Å². The Hall–Kier alpha value is -2.86. The van der Waals surface area contributed by atoms with Crippen LogP contribution < -0.4 is 9.64 Å². The summed E-state index contributed by atoms with van der Waals surface area (Å²) in [5.41, 5.74) is 4.58. The van der Waals surface area contributed by atoms with Crippen molar-refractivity contribution in [2.24, 2.45) is 0 Å². The fourth-order valence-electron chi connectivity index (χ4n) is 4.62. The van der Waals surface area contributed by atoms with Gasteiger partial charge in [0.1, 0.15) is 18.5 Å². The van der Waals surface area contributed by atoms with E-state index in [1.54, 1.807) is 0 Å². The third kappa shape index (κ3) is 6.60. The van der Waals surface area contributed by atoms with Gasteiger partial charge in [-0.2, -0.15) is 0 Å². The normalized spacial score (nSPS) is 16.3. The molecule has 34 heavy (non-hydrogen) atoms. The van der Waals surface area contributed by atoms with Crippen molar-refractivity contribution in [3.8, 4) is 5.75 Å². The number of aliphatic hydroxyl groups is 2. The van der Waals surface area contributed by atoms with Crippen molar-refractivity contribution < 1.29 is 14.9 Å². The van der Waals surface area contributed by atoms with Crippen molar-refractivity contribution in [2.45, 2.75) is 32.0 Å². The first-order valence-electron chi connectivity index (χ1n) is 12.2. The highest BCUT2D eigenvalue weighted by Gasteiger charge is 2.21. The second-order valence-corrected chi connectivity index (χ2v) is 9.12. The lowest BCUT2D eigenvalue weighted by Crippen LogP contribution is -2.49. The maximum atomic E-state index is 10.8. The summed E-state index contributed by atoms with van der Waals surface area (Å²) in [7, 11) is 0. The molecule has 0 radical (unpaired) electrons. The number of piperazine rings is 1. The van der Waals surface area contributed by atoms with E-state index in [2.05, 4.69) is 53.1 Å². The third-order valence-electron chi connectivity index (χ3n) is 6.56. The van der Waals surface area contributed by atoms with Crippen LogP contribution in [0.1, 0.15) is 29.2 Å². The first-order valence-corrected chi connectivity index (χ1v) is 12.2. The van der Waals surface area contributed by atoms with Crippen LogP contribution in [0.4, 0.5) is 5.69 Å². The molecule has 2 atom stereocenters. The summed E-state index contributed by atoms with van der Waals surface area (Å²) >= 11 is 0. The number of aliphatic hydroxyl groups excluding tert-OH is 2. The molecule has 0 aromatic heterocycles. The zero-order valence-corrected chi connectivity index (χ0v) is 20.0. The molecule has 0 amide bonds. The van der Waals surface area contributed by atoms with Crippen LogP contribution in [-0.4, -0.2) is 60.5 Å². The van der Waals surface area contributed by atoms with Gasteiger partial charge < -0.3 is 19.8 Å². The second kappa shape index (κ2) is 12.0. The van der Waals surface area contributed by atoms with Gasteiger partial charge in [0.2, 0.25) is 0 Å². The summed E-state index contributed by atoms with van der Waals surface area (Å²) < 4.78 is 5.97. The van der Waals surface area contributed by atoms with Gasteiger partial charge in [-0.15, -0.1) is 0 Å². The Labute approximate surface area is 203 Å². The van der Waals surface area contributed by atoms with E-state index in [-0.39, 0.29) is 6.61 Å². The average molecular weight is 461 g/mol. The van der Waals surface area contributed by atoms with Gasteiger partial charge >= 0.3 is 0 Å². The molecular formula is C29H36N2O3. The monoisotopic (exact) mass is 460 g/mol. The number of ether oxygens (including phenoxy) is 1. The molecule has 1 aliphatic heterocycles. The Morgan fingerprint density at radius 2 is 1.50 bits per heavy atom. The molecule has 0 aliphatic carbocycles. The maximum absolute atomic E-state index is 10.8. The number of anilines is 1. The van der Waals surface area contributed by atoms with E-state index in [0.717, 1.165) is 38.2 Å². The molecule has 0 spiro atoms. The molecule has 0 saturated carbocycles. The molecule has 1 fully saturated rings. The van der Waals surface area contributed by atoms with E-state index in [1.807, 2.05) is 42.5 Å². The Morgan fingerprint density at radius 1 is 0.824 bits per heavy atom. The summed E-state index contributed by atoms with van der Waals surface area (Å²) in [5, 5.41) is 21.4. The van der Waals surface area contributed by atoms with Crippen LogP contribution in [-0.2, 0) is 6.42 Å². The van der Waals surface area contributed by atoms with Crippen LogP contribution in [0.2, 0.25) is 0 Å². The van der Waals surface area contributed by atoms with Crippen LogP contribution in [0.25, 0.3) is 0 Å². The molecule has 3 aromatic rings. The highest BCUT2D eigenvalue weighted by molar-refractivity contribution is 5.53. The van der Waals surface area contributed by atoms with Crippen LogP contribution in [0.3, 0.4) is 0 Å². The van der Waals surface area contributed by atoms with Gasteiger partial charge in [0.15, 0.2) is 0 Å². The Morgan fingerprint density at radius 3 is 2.26 bits per heavy atom. The molecule has 0 unspecified atom stereocenters. The quantitative estimate of drug-likeness (QED) is 0.474. The van der Waals surface area contributed by atoms with E-state index < -0.39 is 12.2 Å². The lowest BCUT2D eigenvalue weighted by atomic mass is 10.0. The fraction of sp³-hybridized carbons (Fsp3) is 0.379. The van der Waals surface area contributed by atoms with E-state index in [0.29, 0.717) is 18.7 Å². The maximum Gasteiger partial charge on any atom is 0.125 e. The number of hydrogen-bond acceptors (Lipinski definition) is 5. The number of aryl methyl sites for hydroxylation is 2. The molecule has 5 heteroatoms. The van der Waals surface area contributed by atoms with Crippen molar-refractivity contribution >= 4 is 5.69 Å². The van der Waals surface area contributed by atoms with Gasteiger partial charge in [0.05, 0.1) is 6.10 Å². The smallest absolute Gasteiger partial charge is 0.125 e. The minimum absolute atomic E-state index is 0.209. The number of nitrogens with zero attached hydrogens (tertiary/aromatic N) is 2. The summed E-state index contributed by atoms with van der Waals surface area (Å²) in [6.45, 7) is 6.68. The molecule has 1 heterocycles. The van der Waals surface area contributed by atoms with Gasteiger partial charge in [-0.25, -0.2) is 0 Å². The predicted molar refractivity (Wildman–Crippen MR) is 137 cm³/mol. The van der Waals surface area contributed by atoms with Crippen LogP contribution in [0.5, 0.6) is 5.75 Å². The van der Waals surface area contributed by atoms with Crippen molar-refractivity contribution in [1.29, 1.82) is 0 Å². The Kier molecular flexibility index (Phi) is 8.58. The Balaban J connectivity index is 1.24. The zero-order valence-electron chi connectivity index (χ0n) is 20.0. The van der Waals surface area contributed by atoms with Gasteiger partial charge in [0, 0.05) is 44.0 Å². The molecule has 2 N–H and O–H groups in total. The van der Waals surface area contributed by atoms with E-state index >= 15 is 0 Å². The summed E-state index contributed by atoms with van der Waals surface area (Å²) in [6.07, 6.45) is 0.230. The standard InChI is InChI=1S/C29H36N2O3/c1-23-9-5-7-13-27(23)31-19-17-30(18-20-31)21-25(32)22-34-29-14-8-6-12-26(29)28(33)16-15-24-10-3-2-4-11-24/h2-14,25,28,32-33H,15-22H2,1H3/t25-,28+/m1/s1. The molecule has 1 aliphatic rings. The van der Waals surface area contributed by atoms with Gasteiger partial charge in [-0.1, -0.05) is 66.7 Å². The summed E-state index contributed by atoms with van der Waals surface area (Å²) in [4.78, 5) is 4.71. The van der Waals surface area contributed by atoms with Crippen LogP contribution >= 0.6 is 0 Å². The highest BCUT2D eigenvalue weighted by Crippen LogP contribution is 2.28. The van der Waals surface area contributed by atoms with E-state index in [1.165, 1.54) is 16.8 Å². The van der Waals surface area contributed by atoms with E-state index in [9.17, 15) is 10.2 Å². The second-order valence-electron chi connectivity index (χ2n) is 9.12. The topological polar surface area (TPSA) is 56.2 Å². The average Bonchev–Trinajstić information content (AvgIpc) is 2.88. The van der Waals surface area contributed by atoms with E-state index in [4.69, 9.17) is 4.74 Å². The number of para-hydroxylation sites is 2. The summed E-state index contributed by atoms with van der Waals surface area (Å²) in [6, 6.07) is 26.3. The molecule has 3 aromatic carbocycles. The van der Waals surface area contributed by atoms with Crippen molar-refractivity contribution in [3.63, 3.8) is 0 Å². The molecule has 180 valence electrons. The Bertz CT molecular complexity index is 1020. The van der Waals surface area contributed by atoms with Crippen LogP contribution in [0.15, 0.2) is 78.9 Å². The summed E-state index contributed by atoms with van der Waals surface area (Å²) in [5.74, 6) is 0.645. The minimum Gasteiger partial charge on any atom is -0.490 e. The molecular weight excluding hydrogens is 424 g/mol. The lowest BCUT2D eigenvalue weighted by Gasteiger charge is -2.37. The van der Waals surface area contributed by atoms with Gasteiger partial charge in [0.25, 0.3) is 0 Å². The SMILES string of the molecule is Cc1ccccc1N1CCN(C[C@@H](O)COc2ccccc2[C@@H](O)CCc2ccccc2)CC1. The predicted octanol–water partition coefficient (Wildman–Crippen LogP) is 4.22. The number of rotatable bonds is 10. The van der Waals surface area contributed by atoms with Gasteiger partial charge in [-0.05, 0) is 43.0 Å². The third-order valence-corrected chi connectivity index (χ3v) is 6.56. The lowest BCUT2D eigenvalue weighted by molar-refractivity contribution is 0.0643. The first-order chi connectivity index (χ1) is 16.6. The molecule has 1 saturated heterocycles. The largest absolute Gasteiger partial charge is 0.490 e. The van der Waals surface area contributed by atoms with Crippen LogP contribution in [0, 0.1) is 6.92 Å². The minimum atomic E-state index is -0.608. The van der Waals surface area contributed by atoms with Gasteiger partial charge in [-0.3, -0.25) is 4.90 Å². The molecule has 5 nitrogen and oxygen atoms in total. The first kappa shape index (κ1) is 24.3.